The van der Waals surface area contributed by atoms with Crippen LogP contribution in [0.1, 0.15) is 33.6 Å². The average Bonchev–Trinajstić information content (AvgIpc) is 2.64. The van der Waals surface area contributed by atoms with Gasteiger partial charge in [-0.15, -0.1) is 0 Å². The molecule has 3 atom stereocenters. The maximum absolute atomic E-state index is 9.99. The van der Waals surface area contributed by atoms with Crippen LogP contribution in [0.25, 0.3) is 0 Å². The molecule has 2 heterocycles. The summed E-state index contributed by atoms with van der Waals surface area (Å²) >= 11 is 0. The first-order valence-corrected chi connectivity index (χ1v) is 10.8. The number of hydrogen-bond acceptors (Lipinski definition) is 8. The van der Waals surface area contributed by atoms with E-state index in [4.69, 9.17) is 28.4 Å². The van der Waals surface area contributed by atoms with E-state index in [9.17, 15) is 10.2 Å². The van der Waals surface area contributed by atoms with Gasteiger partial charge in [-0.1, -0.05) is 13.8 Å². The number of aliphatic hydroxyl groups excluding tert-OH is 2. The molecule has 8 nitrogen and oxygen atoms in total. The Morgan fingerprint density at radius 1 is 0.724 bits per heavy atom. The summed E-state index contributed by atoms with van der Waals surface area (Å²) in [6.45, 7) is 11.5. The van der Waals surface area contributed by atoms with Gasteiger partial charge in [0.05, 0.1) is 78.8 Å². The number of aliphatic hydroxyl groups is 2. The lowest BCUT2D eigenvalue weighted by Crippen LogP contribution is -2.46. The minimum absolute atomic E-state index is 0.120. The Hall–Kier alpha value is -0.320. The summed E-state index contributed by atoms with van der Waals surface area (Å²) in [5.74, 6) is 0. The van der Waals surface area contributed by atoms with Crippen LogP contribution in [0.5, 0.6) is 0 Å². The topological polar surface area (TPSA) is 95.8 Å². The zero-order chi connectivity index (χ0) is 21.2. The summed E-state index contributed by atoms with van der Waals surface area (Å²) < 4.78 is 32.8. The monoisotopic (exact) mass is 420 g/mol. The van der Waals surface area contributed by atoms with Crippen LogP contribution in [0.3, 0.4) is 0 Å². The van der Waals surface area contributed by atoms with Gasteiger partial charge in [0.1, 0.15) is 12.2 Å². The normalized spacial score (nSPS) is 23.1. The molecule has 2 fully saturated rings. The minimum atomic E-state index is -0.673. The fourth-order valence-corrected chi connectivity index (χ4v) is 3.17. The highest BCUT2D eigenvalue weighted by molar-refractivity contribution is 4.84. The predicted octanol–water partition coefficient (Wildman–Crippen LogP) is 1.02. The molecule has 8 heteroatoms. The van der Waals surface area contributed by atoms with Crippen LogP contribution >= 0.6 is 0 Å². The summed E-state index contributed by atoms with van der Waals surface area (Å²) in [4.78, 5) is 0. The van der Waals surface area contributed by atoms with E-state index in [0.29, 0.717) is 19.8 Å². The molecule has 2 aliphatic heterocycles. The first-order valence-electron chi connectivity index (χ1n) is 10.8. The molecule has 0 amide bonds. The highest BCUT2D eigenvalue weighted by atomic mass is 16.6. The smallest absolute Gasteiger partial charge is 0.101 e. The summed E-state index contributed by atoms with van der Waals surface area (Å²) in [6, 6.07) is 0. The van der Waals surface area contributed by atoms with Crippen molar-refractivity contribution in [1.82, 2.24) is 0 Å². The van der Waals surface area contributed by atoms with Crippen molar-refractivity contribution in [1.29, 1.82) is 0 Å². The van der Waals surface area contributed by atoms with Crippen molar-refractivity contribution in [3.05, 3.63) is 0 Å². The molecule has 29 heavy (non-hydrogen) atoms. The van der Waals surface area contributed by atoms with E-state index in [1.165, 1.54) is 0 Å². The van der Waals surface area contributed by atoms with Crippen molar-refractivity contribution in [2.75, 3.05) is 72.7 Å². The fourth-order valence-electron chi connectivity index (χ4n) is 3.17. The molecule has 0 aromatic heterocycles. The van der Waals surface area contributed by atoms with E-state index in [0.717, 1.165) is 39.3 Å². The van der Waals surface area contributed by atoms with Gasteiger partial charge in [0.2, 0.25) is 0 Å². The SMILES string of the molecule is CCC1(COCC(O)COCC(C)OCC(O)COCC2(CC)COC2)COC1. The maximum Gasteiger partial charge on any atom is 0.101 e. The molecule has 2 N–H and O–H groups in total. The third kappa shape index (κ3) is 8.38. The average molecular weight is 421 g/mol. The molecule has 0 spiro atoms. The fraction of sp³-hybridized carbons (Fsp3) is 1.00. The third-order valence-electron chi connectivity index (χ3n) is 5.81. The van der Waals surface area contributed by atoms with Crippen LogP contribution in [0, 0.1) is 10.8 Å². The van der Waals surface area contributed by atoms with E-state index < -0.39 is 12.2 Å². The van der Waals surface area contributed by atoms with Crippen LogP contribution in [0.15, 0.2) is 0 Å². The highest BCUT2D eigenvalue weighted by Crippen LogP contribution is 2.32. The molecule has 172 valence electrons. The number of rotatable bonds is 17. The van der Waals surface area contributed by atoms with E-state index in [-0.39, 0.29) is 43.4 Å². The Bertz CT molecular complexity index is 427. The second-order valence-electron chi connectivity index (χ2n) is 8.71. The van der Waals surface area contributed by atoms with Gasteiger partial charge < -0.3 is 38.6 Å². The number of ether oxygens (including phenoxy) is 6. The van der Waals surface area contributed by atoms with Gasteiger partial charge >= 0.3 is 0 Å². The van der Waals surface area contributed by atoms with Gasteiger partial charge in [0.25, 0.3) is 0 Å². The Labute approximate surface area is 174 Å². The Kier molecular flexibility index (Phi) is 10.8. The molecule has 0 aromatic rings. The summed E-state index contributed by atoms with van der Waals surface area (Å²) in [5, 5.41) is 20.0. The molecule has 2 saturated heterocycles. The molecule has 2 aliphatic rings. The Morgan fingerprint density at radius 2 is 1.17 bits per heavy atom. The molecule has 0 bridgehead atoms. The molecule has 2 rings (SSSR count). The van der Waals surface area contributed by atoms with Crippen molar-refractivity contribution in [3.63, 3.8) is 0 Å². The Morgan fingerprint density at radius 3 is 1.59 bits per heavy atom. The maximum atomic E-state index is 9.99. The highest BCUT2D eigenvalue weighted by Gasteiger charge is 2.37. The van der Waals surface area contributed by atoms with Crippen LogP contribution in [-0.2, 0) is 28.4 Å². The van der Waals surface area contributed by atoms with E-state index in [1.54, 1.807) is 0 Å². The lowest BCUT2D eigenvalue weighted by Gasteiger charge is -2.40. The zero-order valence-electron chi connectivity index (χ0n) is 18.3. The van der Waals surface area contributed by atoms with Crippen molar-refractivity contribution < 1.29 is 38.6 Å². The van der Waals surface area contributed by atoms with Crippen LogP contribution in [0.2, 0.25) is 0 Å². The van der Waals surface area contributed by atoms with Gasteiger partial charge in [-0.2, -0.15) is 0 Å². The Balaban J connectivity index is 1.43. The molecule has 0 radical (unpaired) electrons. The molecule has 0 aromatic carbocycles. The summed E-state index contributed by atoms with van der Waals surface area (Å²) in [7, 11) is 0. The van der Waals surface area contributed by atoms with Gasteiger partial charge in [0.15, 0.2) is 0 Å². The van der Waals surface area contributed by atoms with Crippen molar-refractivity contribution in [2.24, 2.45) is 10.8 Å². The van der Waals surface area contributed by atoms with Crippen LogP contribution < -0.4 is 0 Å². The van der Waals surface area contributed by atoms with Crippen molar-refractivity contribution in [3.8, 4) is 0 Å². The third-order valence-corrected chi connectivity index (χ3v) is 5.81. The van der Waals surface area contributed by atoms with E-state index in [2.05, 4.69) is 13.8 Å². The molecular formula is C21H40O8. The number of hydrogen-bond donors (Lipinski definition) is 2. The first kappa shape index (κ1) is 24.9. The van der Waals surface area contributed by atoms with Gasteiger partial charge in [0, 0.05) is 10.8 Å². The van der Waals surface area contributed by atoms with Gasteiger partial charge in [-0.3, -0.25) is 0 Å². The van der Waals surface area contributed by atoms with Gasteiger partial charge in [-0.05, 0) is 19.8 Å². The summed E-state index contributed by atoms with van der Waals surface area (Å²) in [6.07, 6.45) is 0.498. The van der Waals surface area contributed by atoms with Crippen molar-refractivity contribution >= 4 is 0 Å². The second-order valence-corrected chi connectivity index (χ2v) is 8.71. The standard InChI is InChI=1S/C21H40O8/c1-4-20(13-27-14-20)11-25-8-18(22)7-24-6-17(3)29-10-19(23)9-26-12-21(5-2)15-28-16-21/h17-19,22-23H,4-16H2,1-3H3. The van der Waals surface area contributed by atoms with Crippen molar-refractivity contribution in [2.45, 2.75) is 51.9 Å². The quantitative estimate of drug-likeness (QED) is 0.360. The molecule has 3 unspecified atom stereocenters. The molecular weight excluding hydrogens is 380 g/mol. The van der Waals surface area contributed by atoms with E-state index >= 15 is 0 Å². The van der Waals surface area contributed by atoms with Crippen LogP contribution in [0.4, 0.5) is 0 Å². The van der Waals surface area contributed by atoms with E-state index in [1.807, 2.05) is 6.92 Å². The van der Waals surface area contributed by atoms with Gasteiger partial charge in [-0.25, -0.2) is 0 Å². The zero-order valence-corrected chi connectivity index (χ0v) is 18.3. The summed E-state index contributed by atoms with van der Waals surface area (Å²) in [5.41, 5.74) is 0.241. The largest absolute Gasteiger partial charge is 0.388 e. The second kappa shape index (κ2) is 12.5. The molecule has 0 aliphatic carbocycles. The molecule has 0 saturated carbocycles. The first-order chi connectivity index (χ1) is 13.9. The predicted molar refractivity (Wildman–Crippen MR) is 107 cm³/mol. The lowest BCUT2D eigenvalue weighted by molar-refractivity contribution is -0.160. The lowest BCUT2D eigenvalue weighted by atomic mass is 9.84. The minimum Gasteiger partial charge on any atom is -0.388 e. The van der Waals surface area contributed by atoms with Crippen LogP contribution in [-0.4, -0.2) is 101 Å².